The van der Waals surface area contributed by atoms with Crippen molar-refractivity contribution in [3.05, 3.63) is 47.0 Å². The number of furan rings is 1. The van der Waals surface area contributed by atoms with Crippen molar-refractivity contribution in [1.82, 2.24) is 10.3 Å². The van der Waals surface area contributed by atoms with E-state index < -0.39 is 21.9 Å². The summed E-state index contributed by atoms with van der Waals surface area (Å²) in [5, 5.41) is 12.4. The molecule has 1 aliphatic rings. The number of pyridine rings is 1. The van der Waals surface area contributed by atoms with Gasteiger partial charge in [0.25, 0.3) is 5.91 Å². The summed E-state index contributed by atoms with van der Waals surface area (Å²) in [4.78, 5) is 28.9. The second kappa shape index (κ2) is 10.5. The molecule has 3 aromatic rings. The van der Waals surface area contributed by atoms with E-state index in [2.05, 4.69) is 17.2 Å². The van der Waals surface area contributed by atoms with Crippen LogP contribution in [0, 0.1) is 5.92 Å². The van der Waals surface area contributed by atoms with Crippen molar-refractivity contribution in [2.24, 2.45) is 5.92 Å². The van der Waals surface area contributed by atoms with E-state index in [0.29, 0.717) is 29.6 Å². The molecule has 1 fully saturated rings. The summed E-state index contributed by atoms with van der Waals surface area (Å²) in [6.45, 7) is 3.76. The number of carbonyl (C=O) groups excluding carboxylic acids is 1. The van der Waals surface area contributed by atoms with Crippen LogP contribution in [-0.2, 0) is 21.2 Å². The van der Waals surface area contributed by atoms with Gasteiger partial charge in [-0.15, -0.1) is 0 Å². The van der Waals surface area contributed by atoms with E-state index in [9.17, 15) is 23.1 Å². The fourth-order valence-corrected chi connectivity index (χ4v) is 5.38. The summed E-state index contributed by atoms with van der Waals surface area (Å²) in [5.41, 5.74) is 3.18. The maximum Gasteiger partial charge on any atom is 0.306 e. The minimum absolute atomic E-state index is 0.100. The van der Waals surface area contributed by atoms with Gasteiger partial charge in [-0.25, -0.2) is 8.42 Å². The molecule has 1 saturated carbocycles. The van der Waals surface area contributed by atoms with Crippen LogP contribution in [0.15, 0.2) is 34.7 Å². The number of nitrogens with one attached hydrogen (secondary N) is 1. The number of fused-ring (bicyclic) bond motifs is 1. The first-order chi connectivity index (χ1) is 17.5. The van der Waals surface area contributed by atoms with E-state index in [1.165, 1.54) is 4.31 Å². The monoisotopic (exact) mass is 527 g/mol. The Labute approximate surface area is 216 Å². The van der Waals surface area contributed by atoms with Crippen LogP contribution in [0.5, 0.6) is 0 Å². The number of anilines is 1. The second-order valence-corrected chi connectivity index (χ2v) is 11.6. The number of aliphatic carboxylic acids is 1. The molecule has 9 nitrogen and oxygen atoms in total. The van der Waals surface area contributed by atoms with Gasteiger partial charge < -0.3 is 14.8 Å². The van der Waals surface area contributed by atoms with E-state index in [1.807, 2.05) is 30.3 Å². The van der Waals surface area contributed by atoms with E-state index in [-0.39, 0.29) is 29.9 Å². The van der Waals surface area contributed by atoms with Gasteiger partial charge in [0.1, 0.15) is 11.6 Å². The van der Waals surface area contributed by atoms with Crippen LogP contribution in [-0.4, -0.2) is 50.2 Å². The number of hydrogen-bond donors (Lipinski definition) is 2. The third-order valence-corrected chi connectivity index (χ3v) is 8.00. The number of amides is 1. The third kappa shape index (κ3) is 5.64. The summed E-state index contributed by atoms with van der Waals surface area (Å²) in [6, 6.07) is 9.60. The molecule has 0 aliphatic heterocycles. The number of rotatable bonds is 11. The molecule has 1 aliphatic carbocycles. The standard InChI is InChI=1S/C27H33N3O6S/c1-5-17-8-10-19(11-9-17)23-22(25(31)28-3)21-15-20(18-12-13-18)24(29-26(21)36-23)30(37(4,34)35)14-6-7-16(2)27(32)33/h8-11,15-16,18H,5-7,12-14H2,1-4H3,(H,28,31)(H,32,33). The number of carbonyl (C=O) groups is 2. The molecule has 37 heavy (non-hydrogen) atoms. The SMILES string of the molecule is CCc1ccc(-c2oc3nc(N(CCCC(C)C(=O)O)S(C)(=O)=O)c(C4CC4)cc3c2C(=O)NC)cc1. The van der Waals surface area contributed by atoms with Crippen molar-refractivity contribution in [2.75, 3.05) is 24.2 Å². The number of aromatic nitrogens is 1. The molecule has 0 bridgehead atoms. The van der Waals surface area contributed by atoms with Crippen molar-refractivity contribution >= 4 is 38.8 Å². The van der Waals surface area contributed by atoms with Gasteiger partial charge in [-0.05, 0) is 55.2 Å². The van der Waals surface area contributed by atoms with E-state index in [1.54, 1.807) is 14.0 Å². The number of benzene rings is 1. The first-order valence-electron chi connectivity index (χ1n) is 12.5. The lowest BCUT2D eigenvalue weighted by Gasteiger charge is -2.24. The quantitative estimate of drug-likeness (QED) is 0.374. The van der Waals surface area contributed by atoms with Gasteiger partial charge in [0.2, 0.25) is 15.7 Å². The first-order valence-corrected chi connectivity index (χ1v) is 14.4. The van der Waals surface area contributed by atoms with Gasteiger partial charge in [0.15, 0.2) is 0 Å². The lowest BCUT2D eigenvalue weighted by Crippen LogP contribution is -2.33. The lowest BCUT2D eigenvalue weighted by molar-refractivity contribution is -0.141. The average molecular weight is 528 g/mol. The Morgan fingerprint density at radius 3 is 2.46 bits per heavy atom. The number of carboxylic acid groups (broad SMARTS) is 1. The molecule has 1 unspecified atom stereocenters. The maximum atomic E-state index is 13.0. The first kappa shape index (κ1) is 26.7. The zero-order valence-corrected chi connectivity index (χ0v) is 22.4. The summed E-state index contributed by atoms with van der Waals surface area (Å²) >= 11 is 0. The van der Waals surface area contributed by atoms with Crippen LogP contribution in [0.4, 0.5) is 5.82 Å². The molecule has 2 N–H and O–H groups in total. The molecule has 4 rings (SSSR count). The van der Waals surface area contributed by atoms with Crippen LogP contribution < -0.4 is 9.62 Å². The van der Waals surface area contributed by atoms with E-state index in [4.69, 9.17) is 4.42 Å². The molecule has 0 radical (unpaired) electrons. The zero-order valence-electron chi connectivity index (χ0n) is 21.6. The highest BCUT2D eigenvalue weighted by Gasteiger charge is 2.34. The summed E-state index contributed by atoms with van der Waals surface area (Å²) in [7, 11) is -2.16. The molecule has 2 aromatic heterocycles. The zero-order chi connectivity index (χ0) is 26.9. The topological polar surface area (TPSA) is 130 Å². The van der Waals surface area contributed by atoms with Gasteiger partial charge in [0, 0.05) is 19.2 Å². The fourth-order valence-electron chi connectivity index (χ4n) is 4.46. The average Bonchev–Trinajstić information content (AvgIpc) is 3.64. The number of hydrogen-bond acceptors (Lipinski definition) is 6. The van der Waals surface area contributed by atoms with Crippen molar-refractivity contribution in [3.63, 3.8) is 0 Å². The Kier molecular flexibility index (Phi) is 7.59. The smallest absolute Gasteiger partial charge is 0.306 e. The highest BCUT2D eigenvalue weighted by Crippen LogP contribution is 2.46. The molecule has 1 atom stereocenters. The Morgan fingerprint density at radius 1 is 1.24 bits per heavy atom. The van der Waals surface area contributed by atoms with Gasteiger partial charge in [0.05, 0.1) is 23.1 Å². The van der Waals surface area contributed by atoms with Gasteiger partial charge in [-0.2, -0.15) is 4.98 Å². The maximum absolute atomic E-state index is 13.0. The number of nitrogens with zero attached hydrogens (tertiary/aromatic N) is 2. The number of carboxylic acids is 1. The molecule has 0 saturated heterocycles. The van der Waals surface area contributed by atoms with Gasteiger partial charge in [-0.3, -0.25) is 13.9 Å². The van der Waals surface area contributed by atoms with E-state index in [0.717, 1.165) is 42.2 Å². The van der Waals surface area contributed by atoms with Crippen LogP contribution >= 0.6 is 0 Å². The molecule has 2 heterocycles. The van der Waals surface area contributed by atoms with Crippen LogP contribution in [0.1, 0.15) is 66.9 Å². The molecular weight excluding hydrogens is 494 g/mol. The minimum Gasteiger partial charge on any atom is -0.481 e. The molecule has 198 valence electrons. The molecular formula is C27H33N3O6S. The van der Waals surface area contributed by atoms with Crippen LogP contribution in [0.2, 0.25) is 0 Å². The Balaban J connectivity index is 1.85. The Hall–Kier alpha value is -3.40. The largest absolute Gasteiger partial charge is 0.481 e. The van der Waals surface area contributed by atoms with Crippen molar-refractivity contribution in [1.29, 1.82) is 0 Å². The highest BCUT2D eigenvalue weighted by molar-refractivity contribution is 7.92. The number of aryl methyl sites for hydroxylation is 1. The summed E-state index contributed by atoms with van der Waals surface area (Å²) < 4.78 is 33.1. The Bertz CT molecular complexity index is 1420. The molecule has 1 aromatic carbocycles. The van der Waals surface area contributed by atoms with Gasteiger partial charge >= 0.3 is 5.97 Å². The minimum atomic E-state index is -3.71. The third-order valence-electron chi connectivity index (χ3n) is 6.84. The Morgan fingerprint density at radius 2 is 1.92 bits per heavy atom. The number of sulfonamides is 1. The van der Waals surface area contributed by atoms with Gasteiger partial charge in [-0.1, -0.05) is 38.1 Å². The van der Waals surface area contributed by atoms with E-state index >= 15 is 0 Å². The normalized spacial score (nSPS) is 14.5. The lowest BCUT2D eigenvalue weighted by atomic mass is 10.0. The summed E-state index contributed by atoms with van der Waals surface area (Å²) in [5.74, 6) is -1.02. The molecule has 1 amide bonds. The highest BCUT2D eigenvalue weighted by atomic mass is 32.2. The van der Waals surface area contributed by atoms with Crippen molar-refractivity contribution < 1.29 is 27.5 Å². The predicted octanol–water partition coefficient (Wildman–Crippen LogP) is 4.56. The fraction of sp³-hybridized carbons (Fsp3) is 0.444. The second-order valence-electron chi connectivity index (χ2n) is 9.68. The molecule has 10 heteroatoms. The van der Waals surface area contributed by atoms with Crippen molar-refractivity contribution in [2.45, 2.75) is 51.9 Å². The predicted molar refractivity (Wildman–Crippen MR) is 142 cm³/mol. The van der Waals surface area contributed by atoms with Crippen LogP contribution in [0.25, 0.3) is 22.4 Å². The van der Waals surface area contributed by atoms with Crippen LogP contribution in [0.3, 0.4) is 0 Å². The molecule has 0 spiro atoms. The summed E-state index contributed by atoms with van der Waals surface area (Å²) in [6.07, 6.45) is 4.49. The van der Waals surface area contributed by atoms with Crippen molar-refractivity contribution in [3.8, 4) is 11.3 Å².